The number of ether oxygens (including phenoxy) is 2. The molecule has 0 aliphatic carbocycles. The van der Waals surface area contributed by atoms with Gasteiger partial charge < -0.3 is 19.5 Å². The van der Waals surface area contributed by atoms with Crippen LogP contribution in [0.5, 0.6) is 0 Å². The molecule has 0 saturated carbocycles. The molecule has 3 heterocycles. The summed E-state index contributed by atoms with van der Waals surface area (Å²) in [4.78, 5) is 40.8. The number of aliphatic hydroxyl groups excluding tert-OH is 1. The van der Waals surface area contributed by atoms with Crippen LogP contribution in [0, 0.1) is 0 Å². The molecule has 0 unspecified atom stereocenters. The molecule has 0 bridgehead atoms. The summed E-state index contributed by atoms with van der Waals surface area (Å²) in [5.41, 5.74) is 3.82. The van der Waals surface area contributed by atoms with Crippen molar-refractivity contribution in [3.63, 3.8) is 0 Å². The van der Waals surface area contributed by atoms with Gasteiger partial charge in [-0.05, 0) is 54.6 Å². The van der Waals surface area contributed by atoms with Gasteiger partial charge in [-0.1, -0.05) is 55.2 Å². The first-order valence-corrected chi connectivity index (χ1v) is 19.8. The summed E-state index contributed by atoms with van der Waals surface area (Å²) in [5, 5.41) is 10.7. The van der Waals surface area contributed by atoms with E-state index in [0.29, 0.717) is 54.1 Å². The zero-order valence-corrected chi connectivity index (χ0v) is 27.7. The molecular weight excluding hydrogens is 601 g/mol. The lowest BCUT2D eigenvalue weighted by molar-refractivity contribution is 0.0593. The Morgan fingerprint density at radius 2 is 1.91 bits per heavy atom. The van der Waals surface area contributed by atoms with Gasteiger partial charge in [-0.3, -0.25) is 9.69 Å². The topological polar surface area (TPSA) is 105 Å². The average Bonchev–Trinajstić information content (AvgIpc) is 3.63. The van der Waals surface area contributed by atoms with Crippen molar-refractivity contribution in [2.75, 3.05) is 43.4 Å². The maximum Gasteiger partial charge on any atom is 0.357 e. The SMILES string of the molecule is COC(=O)c1nc(N2CCc3cccc(C(=O)N(COCC[Si](C)(C)C)c4nc5ccccc5s4)c3C2)sc1CCCO. The first kappa shape index (κ1) is 31.3. The molecule has 12 heteroatoms. The fraction of sp³-hybridized carbons (Fsp3) is 0.419. The van der Waals surface area contributed by atoms with E-state index in [-0.39, 0.29) is 19.2 Å². The van der Waals surface area contributed by atoms with Gasteiger partial charge in [0.15, 0.2) is 16.0 Å². The van der Waals surface area contributed by atoms with Crippen molar-refractivity contribution in [2.45, 2.75) is 51.5 Å². The van der Waals surface area contributed by atoms with Gasteiger partial charge in [0, 0.05) is 44.8 Å². The summed E-state index contributed by atoms with van der Waals surface area (Å²) < 4.78 is 12.1. The van der Waals surface area contributed by atoms with E-state index in [9.17, 15) is 14.7 Å². The first-order valence-electron chi connectivity index (χ1n) is 14.5. The van der Waals surface area contributed by atoms with Crippen LogP contribution in [0.4, 0.5) is 10.3 Å². The number of esters is 1. The van der Waals surface area contributed by atoms with Gasteiger partial charge in [0.05, 0.1) is 17.3 Å². The Labute approximate surface area is 261 Å². The molecule has 2 aromatic carbocycles. The molecule has 4 aromatic rings. The second kappa shape index (κ2) is 13.6. The lowest BCUT2D eigenvalue weighted by Gasteiger charge is -2.31. The lowest BCUT2D eigenvalue weighted by atomic mass is 9.94. The molecule has 0 atom stereocenters. The molecule has 1 N–H and O–H groups in total. The van der Waals surface area contributed by atoms with Crippen LogP contribution in [-0.2, 0) is 28.9 Å². The number of hydrogen-bond donors (Lipinski definition) is 1. The predicted octanol–water partition coefficient (Wildman–Crippen LogP) is 5.99. The minimum Gasteiger partial charge on any atom is -0.464 e. The van der Waals surface area contributed by atoms with Crippen molar-refractivity contribution < 1.29 is 24.2 Å². The Balaban J connectivity index is 1.44. The lowest BCUT2D eigenvalue weighted by Crippen LogP contribution is -2.37. The van der Waals surface area contributed by atoms with Gasteiger partial charge in [-0.15, -0.1) is 11.3 Å². The van der Waals surface area contributed by atoms with Gasteiger partial charge >= 0.3 is 5.97 Å². The highest BCUT2D eigenvalue weighted by Crippen LogP contribution is 2.35. The smallest absolute Gasteiger partial charge is 0.357 e. The second-order valence-electron chi connectivity index (χ2n) is 11.7. The third-order valence-corrected chi connectivity index (χ3v) is 11.3. The Morgan fingerprint density at radius 1 is 1.09 bits per heavy atom. The molecule has 2 aromatic heterocycles. The Hall–Kier alpha value is -3.16. The summed E-state index contributed by atoms with van der Waals surface area (Å²) in [5.74, 6) is -0.631. The Kier molecular flexibility index (Phi) is 9.92. The van der Waals surface area contributed by atoms with Gasteiger partial charge in [-0.2, -0.15) is 0 Å². The summed E-state index contributed by atoms with van der Waals surface area (Å²) in [6.07, 6.45) is 1.82. The van der Waals surface area contributed by atoms with Crippen LogP contribution in [-0.4, -0.2) is 68.6 Å². The van der Waals surface area contributed by atoms with E-state index < -0.39 is 14.0 Å². The van der Waals surface area contributed by atoms with E-state index in [1.165, 1.54) is 29.8 Å². The fourth-order valence-electron chi connectivity index (χ4n) is 4.94. The first-order chi connectivity index (χ1) is 20.7. The zero-order chi connectivity index (χ0) is 30.6. The van der Waals surface area contributed by atoms with E-state index in [0.717, 1.165) is 38.7 Å². The third kappa shape index (κ3) is 7.32. The number of benzene rings is 2. The van der Waals surface area contributed by atoms with Crippen molar-refractivity contribution in [1.29, 1.82) is 0 Å². The quantitative estimate of drug-likeness (QED) is 0.0874. The van der Waals surface area contributed by atoms with E-state index in [1.54, 1.807) is 4.90 Å². The predicted molar refractivity (Wildman–Crippen MR) is 175 cm³/mol. The number of para-hydroxylation sites is 1. The number of aryl methyl sites for hydroxylation is 1. The maximum atomic E-state index is 14.3. The number of carbonyl (C=O) groups is 2. The minimum atomic E-state index is -1.30. The summed E-state index contributed by atoms with van der Waals surface area (Å²) in [7, 11) is 0.0469. The Morgan fingerprint density at radius 3 is 2.65 bits per heavy atom. The van der Waals surface area contributed by atoms with Crippen LogP contribution in [0.3, 0.4) is 0 Å². The number of nitrogens with zero attached hydrogens (tertiary/aromatic N) is 4. The van der Waals surface area contributed by atoms with Crippen molar-refractivity contribution in [1.82, 2.24) is 9.97 Å². The van der Waals surface area contributed by atoms with Crippen molar-refractivity contribution in [3.05, 3.63) is 69.7 Å². The van der Waals surface area contributed by atoms with Crippen LogP contribution in [0.1, 0.15) is 43.3 Å². The second-order valence-corrected chi connectivity index (χ2v) is 19.4. The summed E-state index contributed by atoms with van der Waals surface area (Å²) in [6, 6.07) is 14.8. The molecular formula is C31H38N4O5S2Si. The molecule has 0 spiro atoms. The third-order valence-electron chi connectivity index (χ3n) is 7.38. The highest BCUT2D eigenvalue weighted by molar-refractivity contribution is 7.22. The number of thiazole rings is 2. The number of aromatic nitrogens is 2. The van der Waals surface area contributed by atoms with Crippen LogP contribution in [0.2, 0.25) is 25.7 Å². The van der Waals surface area contributed by atoms with Gasteiger partial charge in [0.25, 0.3) is 5.91 Å². The van der Waals surface area contributed by atoms with Gasteiger partial charge in [-0.25, -0.2) is 14.8 Å². The van der Waals surface area contributed by atoms with Crippen molar-refractivity contribution >= 4 is 63.1 Å². The molecule has 0 radical (unpaired) electrons. The molecule has 0 fully saturated rings. The fourth-order valence-corrected chi connectivity index (χ4v) is 7.76. The monoisotopic (exact) mass is 638 g/mol. The summed E-state index contributed by atoms with van der Waals surface area (Å²) in [6.45, 7) is 8.86. The number of amides is 1. The number of fused-ring (bicyclic) bond motifs is 2. The van der Waals surface area contributed by atoms with E-state index in [4.69, 9.17) is 14.5 Å². The number of carbonyl (C=O) groups excluding carboxylic acids is 2. The van der Waals surface area contributed by atoms with Crippen LogP contribution >= 0.6 is 22.7 Å². The molecule has 1 amide bonds. The standard InChI is InChI=1S/C31H38N4O5S2Si/c1-39-29(38)27-26(13-8-16-36)42-30(33-27)34-15-14-21-9-7-10-22(23(21)19-34)28(37)35(20-40-17-18-43(2,3)4)31-32-24-11-5-6-12-25(24)41-31/h5-7,9-12,36H,8,13-20H2,1-4H3. The molecule has 1 aliphatic rings. The molecule has 0 saturated heterocycles. The molecule has 1 aliphatic heterocycles. The van der Waals surface area contributed by atoms with Crippen LogP contribution in [0.15, 0.2) is 42.5 Å². The number of hydrogen-bond acceptors (Lipinski definition) is 10. The van der Waals surface area contributed by atoms with Crippen molar-refractivity contribution in [3.8, 4) is 0 Å². The van der Waals surface area contributed by atoms with Crippen LogP contribution in [0.25, 0.3) is 10.2 Å². The average molecular weight is 639 g/mol. The van der Waals surface area contributed by atoms with Crippen LogP contribution < -0.4 is 9.80 Å². The van der Waals surface area contributed by atoms with Gasteiger partial charge in [0.1, 0.15) is 6.73 Å². The Bertz CT molecular complexity index is 1570. The normalized spacial score (nSPS) is 13.3. The van der Waals surface area contributed by atoms with Gasteiger partial charge in [0.2, 0.25) is 0 Å². The molecule has 43 heavy (non-hydrogen) atoms. The number of aliphatic hydroxyl groups is 1. The molecule has 228 valence electrons. The zero-order valence-electron chi connectivity index (χ0n) is 25.1. The molecule has 9 nitrogen and oxygen atoms in total. The van der Waals surface area contributed by atoms with Crippen molar-refractivity contribution in [2.24, 2.45) is 0 Å². The highest BCUT2D eigenvalue weighted by Gasteiger charge is 2.30. The maximum absolute atomic E-state index is 14.3. The van der Waals surface area contributed by atoms with E-state index in [2.05, 4.69) is 35.6 Å². The minimum absolute atomic E-state index is 0.0312. The largest absolute Gasteiger partial charge is 0.464 e. The molecule has 5 rings (SSSR count). The summed E-state index contributed by atoms with van der Waals surface area (Å²) >= 11 is 2.93. The highest BCUT2D eigenvalue weighted by atomic mass is 32.1. The number of anilines is 2. The van der Waals surface area contributed by atoms with E-state index in [1.807, 2.05) is 36.4 Å². The number of methoxy groups -OCH3 is 1. The number of rotatable bonds is 12. The van der Waals surface area contributed by atoms with E-state index >= 15 is 0 Å².